The third-order valence-corrected chi connectivity index (χ3v) is 5.01. The second-order valence-electron chi connectivity index (χ2n) is 6.90. The van der Waals surface area contributed by atoms with Gasteiger partial charge in [-0.2, -0.15) is 0 Å². The Morgan fingerprint density at radius 3 is 2.20 bits per heavy atom. The van der Waals surface area contributed by atoms with Gasteiger partial charge in [0.1, 0.15) is 6.04 Å². The number of carbonyl (C=O) groups excluding carboxylic acids is 4. The van der Waals surface area contributed by atoms with Crippen LogP contribution in [-0.2, 0) is 14.4 Å². The predicted octanol–water partition coefficient (Wildman–Crippen LogP) is 1.69. The first-order valence-electron chi connectivity index (χ1n) is 7.80. The van der Waals surface area contributed by atoms with E-state index < -0.39 is 29.2 Å². The number of hydrogen-bond donors (Lipinski definition) is 0. The van der Waals surface area contributed by atoms with E-state index in [9.17, 15) is 19.2 Å². The summed E-state index contributed by atoms with van der Waals surface area (Å²) in [5.74, 6) is -1.57. The minimum absolute atomic E-state index is 0.179. The van der Waals surface area contributed by atoms with Crippen molar-refractivity contribution in [1.82, 2.24) is 9.96 Å². The van der Waals surface area contributed by atoms with Gasteiger partial charge < -0.3 is 9.74 Å². The minimum Gasteiger partial charge on any atom is -0.327 e. The maximum atomic E-state index is 12.5. The molecule has 25 heavy (non-hydrogen) atoms. The van der Waals surface area contributed by atoms with Crippen LogP contribution >= 0.6 is 11.8 Å². The Balaban J connectivity index is 1.76. The summed E-state index contributed by atoms with van der Waals surface area (Å²) < 4.78 is 0. The normalized spacial score (nSPS) is 20.0. The molecule has 1 aromatic rings. The molecule has 0 aromatic heterocycles. The number of imide groups is 1. The highest BCUT2D eigenvalue weighted by Crippen LogP contribution is 2.29. The van der Waals surface area contributed by atoms with Gasteiger partial charge in [-0.25, -0.2) is 4.79 Å². The van der Waals surface area contributed by atoms with Crippen molar-refractivity contribution in [2.75, 3.05) is 11.6 Å². The Morgan fingerprint density at radius 1 is 1.12 bits per heavy atom. The molecular weight excluding hydrogens is 344 g/mol. The minimum atomic E-state index is -0.818. The Morgan fingerprint density at radius 2 is 1.68 bits per heavy atom. The quantitative estimate of drug-likeness (QED) is 0.745. The molecule has 0 spiro atoms. The van der Waals surface area contributed by atoms with Crippen molar-refractivity contribution < 1.29 is 24.0 Å². The van der Waals surface area contributed by atoms with E-state index in [1.54, 1.807) is 32.9 Å². The molecule has 7 nitrogen and oxygen atoms in total. The number of nitrogens with zero attached hydrogens (tertiary/aromatic N) is 2. The number of rotatable bonds is 2. The zero-order valence-electron chi connectivity index (χ0n) is 14.1. The van der Waals surface area contributed by atoms with Crippen molar-refractivity contribution in [2.45, 2.75) is 26.8 Å². The molecule has 132 valence electrons. The Kier molecular flexibility index (Phi) is 4.32. The summed E-state index contributed by atoms with van der Waals surface area (Å²) in [6.45, 7) is 5.31. The van der Waals surface area contributed by atoms with Crippen LogP contribution in [0.5, 0.6) is 0 Å². The SMILES string of the molecule is CC(C)(C)C(=O)N1CSCC1C(=O)ON1C(=O)c2ccccc2C1=O. The first-order chi connectivity index (χ1) is 11.7. The van der Waals surface area contributed by atoms with Gasteiger partial charge in [0.15, 0.2) is 0 Å². The molecule has 1 unspecified atom stereocenters. The van der Waals surface area contributed by atoms with Crippen LogP contribution in [0.4, 0.5) is 0 Å². The average Bonchev–Trinajstić information content (AvgIpc) is 3.13. The molecule has 3 amide bonds. The molecule has 0 aliphatic carbocycles. The van der Waals surface area contributed by atoms with Crippen molar-refractivity contribution >= 4 is 35.5 Å². The van der Waals surface area contributed by atoms with E-state index in [0.29, 0.717) is 16.7 Å². The molecule has 3 rings (SSSR count). The van der Waals surface area contributed by atoms with E-state index in [4.69, 9.17) is 4.84 Å². The zero-order valence-corrected chi connectivity index (χ0v) is 15.0. The first-order valence-corrected chi connectivity index (χ1v) is 8.95. The molecule has 1 atom stereocenters. The molecule has 2 aliphatic rings. The molecule has 0 radical (unpaired) electrons. The molecule has 2 aliphatic heterocycles. The zero-order chi connectivity index (χ0) is 18.4. The van der Waals surface area contributed by atoms with Crippen LogP contribution < -0.4 is 0 Å². The topological polar surface area (TPSA) is 84.0 Å². The van der Waals surface area contributed by atoms with Crippen LogP contribution in [0, 0.1) is 5.41 Å². The van der Waals surface area contributed by atoms with E-state index in [0.717, 1.165) is 0 Å². The van der Waals surface area contributed by atoms with Gasteiger partial charge in [0, 0.05) is 11.2 Å². The van der Waals surface area contributed by atoms with Gasteiger partial charge in [0.2, 0.25) is 5.91 Å². The smallest absolute Gasteiger partial charge is 0.327 e. The summed E-state index contributed by atoms with van der Waals surface area (Å²) in [6.07, 6.45) is 0. The lowest BCUT2D eigenvalue weighted by Crippen LogP contribution is -2.49. The van der Waals surface area contributed by atoms with Crippen molar-refractivity contribution in [3.05, 3.63) is 35.4 Å². The van der Waals surface area contributed by atoms with Crippen LogP contribution in [0.15, 0.2) is 24.3 Å². The van der Waals surface area contributed by atoms with E-state index in [1.807, 2.05) is 0 Å². The molecule has 1 aromatic carbocycles. The molecule has 2 heterocycles. The van der Waals surface area contributed by atoms with Crippen LogP contribution in [0.1, 0.15) is 41.5 Å². The summed E-state index contributed by atoms with van der Waals surface area (Å²) in [5, 5.41) is 0.482. The molecule has 1 fully saturated rings. The van der Waals surface area contributed by atoms with Crippen LogP contribution in [0.2, 0.25) is 0 Å². The van der Waals surface area contributed by atoms with E-state index in [-0.39, 0.29) is 17.0 Å². The summed E-state index contributed by atoms with van der Waals surface area (Å²) >= 11 is 1.43. The summed E-state index contributed by atoms with van der Waals surface area (Å²) in [5.41, 5.74) is -0.244. The van der Waals surface area contributed by atoms with Crippen molar-refractivity contribution in [1.29, 1.82) is 0 Å². The highest BCUT2D eigenvalue weighted by atomic mass is 32.2. The second kappa shape index (κ2) is 6.18. The fourth-order valence-electron chi connectivity index (χ4n) is 2.67. The Bertz CT molecular complexity index is 736. The van der Waals surface area contributed by atoms with Gasteiger partial charge in [-0.05, 0) is 12.1 Å². The Hall–Kier alpha value is -2.35. The van der Waals surface area contributed by atoms with Gasteiger partial charge >= 0.3 is 5.97 Å². The van der Waals surface area contributed by atoms with Crippen molar-refractivity contribution in [3.63, 3.8) is 0 Å². The Labute approximate surface area is 149 Å². The van der Waals surface area contributed by atoms with Crippen LogP contribution in [0.3, 0.4) is 0 Å². The summed E-state index contributed by atoms with van der Waals surface area (Å²) in [7, 11) is 0. The monoisotopic (exact) mass is 362 g/mol. The van der Waals surface area contributed by atoms with Gasteiger partial charge in [0.25, 0.3) is 11.8 Å². The van der Waals surface area contributed by atoms with E-state index >= 15 is 0 Å². The van der Waals surface area contributed by atoms with Crippen molar-refractivity contribution in [3.8, 4) is 0 Å². The highest BCUT2D eigenvalue weighted by molar-refractivity contribution is 7.99. The number of thioether (sulfide) groups is 1. The lowest BCUT2D eigenvalue weighted by Gasteiger charge is -2.29. The van der Waals surface area contributed by atoms with Crippen LogP contribution in [0.25, 0.3) is 0 Å². The second-order valence-corrected chi connectivity index (χ2v) is 7.90. The molecule has 1 saturated heterocycles. The van der Waals surface area contributed by atoms with Gasteiger partial charge in [-0.1, -0.05) is 38.0 Å². The lowest BCUT2D eigenvalue weighted by molar-refractivity contribution is -0.175. The third kappa shape index (κ3) is 3.02. The van der Waals surface area contributed by atoms with Gasteiger partial charge in [-0.15, -0.1) is 11.8 Å². The number of hydroxylamine groups is 2. The average molecular weight is 362 g/mol. The number of fused-ring (bicyclic) bond motifs is 1. The first kappa shape index (κ1) is 17.5. The van der Waals surface area contributed by atoms with Crippen molar-refractivity contribution in [2.24, 2.45) is 5.41 Å². The van der Waals surface area contributed by atoms with Gasteiger partial charge in [-0.3, -0.25) is 14.4 Å². The lowest BCUT2D eigenvalue weighted by atomic mass is 9.94. The van der Waals surface area contributed by atoms with Crippen LogP contribution in [-0.4, -0.2) is 51.3 Å². The predicted molar refractivity (Wildman–Crippen MR) is 90.4 cm³/mol. The third-order valence-electron chi connectivity index (χ3n) is 3.99. The summed E-state index contributed by atoms with van der Waals surface area (Å²) in [4.78, 5) is 56.1. The number of benzene rings is 1. The number of hydrogen-bond acceptors (Lipinski definition) is 6. The highest BCUT2D eigenvalue weighted by Gasteiger charge is 2.44. The fraction of sp³-hybridized carbons (Fsp3) is 0.412. The molecule has 0 bridgehead atoms. The van der Waals surface area contributed by atoms with E-state index in [1.165, 1.54) is 28.8 Å². The number of carbonyl (C=O) groups is 4. The van der Waals surface area contributed by atoms with Gasteiger partial charge in [0.05, 0.1) is 17.0 Å². The van der Waals surface area contributed by atoms with E-state index in [2.05, 4.69) is 0 Å². The molecule has 8 heteroatoms. The summed E-state index contributed by atoms with van der Waals surface area (Å²) in [6, 6.07) is 5.45. The maximum absolute atomic E-state index is 12.5. The maximum Gasteiger partial charge on any atom is 0.356 e. The standard InChI is InChI=1S/C17H18N2O5S/c1-17(2,3)16(23)18-9-25-8-12(18)15(22)24-19-13(20)10-6-4-5-7-11(10)14(19)21/h4-7,12H,8-9H2,1-3H3. The largest absolute Gasteiger partial charge is 0.356 e. The molecule has 0 saturated carbocycles. The molecular formula is C17H18N2O5S. The molecule has 0 N–H and O–H groups in total. The number of amides is 3. The fourth-order valence-corrected chi connectivity index (χ4v) is 3.81.